The number of nitrogens with zero attached hydrogens (tertiary/aromatic N) is 2. The van der Waals surface area contributed by atoms with Gasteiger partial charge in [0.1, 0.15) is 6.34 Å². The quantitative estimate of drug-likeness (QED) is 0.656. The van der Waals surface area contributed by atoms with Crippen LogP contribution >= 0.6 is 23.2 Å². The Morgan fingerprint density at radius 2 is 1.86 bits per heavy atom. The van der Waals surface area contributed by atoms with Crippen molar-refractivity contribution in [3.63, 3.8) is 0 Å². The van der Waals surface area contributed by atoms with E-state index in [2.05, 4.69) is 10.3 Å². The van der Waals surface area contributed by atoms with Gasteiger partial charge in [0.15, 0.2) is 0 Å². The summed E-state index contributed by atoms with van der Waals surface area (Å²) in [7, 11) is 1.56. The van der Waals surface area contributed by atoms with Crippen LogP contribution in [0.5, 0.6) is 0 Å². The highest BCUT2D eigenvalue weighted by molar-refractivity contribution is 6.42. The molecular formula is C15H13Cl2N3O. The third-order valence-corrected chi connectivity index (χ3v) is 3.43. The molecule has 0 saturated carbocycles. The fourth-order valence-electron chi connectivity index (χ4n) is 1.64. The van der Waals surface area contributed by atoms with Crippen LogP contribution in [0.4, 0.5) is 16.2 Å². The topological polar surface area (TPSA) is 44.7 Å². The normalized spacial score (nSPS) is 10.6. The summed E-state index contributed by atoms with van der Waals surface area (Å²) in [5.74, 6) is 0. The van der Waals surface area contributed by atoms with Gasteiger partial charge in [-0.1, -0.05) is 41.4 Å². The van der Waals surface area contributed by atoms with E-state index in [0.29, 0.717) is 21.4 Å². The molecule has 2 aromatic rings. The minimum absolute atomic E-state index is 0.287. The third kappa shape index (κ3) is 3.97. The van der Waals surface area contributed by atoms with Crippen LogP contribution in [0.25, 0.3) is 0 Å². The third-order valence-electron chi connectivity index (χ3n) is 2.69. The monoisotopic (exact) mass is 321 g/mol. The predicted octanol–water partition coefficient (Wildman–Crippen LogP) is 4.50. The lowest BCUT2D eigenvalue weighted by Gasteiger charge is -2.16. The van der Waals surface area contributed by atoms with E-state index in [9.17, 15) is 4.79 Å². The smallest absolute Gasteiger partial charge is 0.326 e. The fourth-order valence-corrected chi connectivity index (χ4v) is 1.93. The van der Waals surface area contributed by atoms with Crippen molar-refractivity contribution in [3.05, 3.63) is 58.6 Å². The van der Waals surface area contributed by atoms with Crippen molar-refractivity contribution < 1.29 is 4.79 Å². The first-order valence-electron chi connectivity index (χ1n) is 6.17. The summed E-state index contributed by atoms with van der Waals surface area (Å²) < 4.78 is 0. The Kier molecular flexibility index (Phi) is 5.20. The number of hydrogen-bond donors (Lipinski definition) is 1. The zero-order chi connectivity index (χ0) is 15.2. The molecule has 0 saturated heterocycles. The Bertz CT molecular complexity index is 659. The van der Waals surface area contributed by atoms with Crippen molar-refractivity contribution in [2.24, 2.45) is 4.99 Å². The standard InChI is InChI=1S/C15H13Cl2N3O/c1-18-15(21)20(12-5-3-2-4-6-12)10-19-11-7-8-13(16)14(17)9-11/h2-10H,1H3,(H,18,21). The second-order valence-electron chi connectivity index (χ2n) is 4.10. The van der Waals surface area contributed by atoms with Gasteiger partial charge in [0.25, 0.3) is 0 Å². The molecule has 0 unspecified atom stereocenters. The van der Waals surface area contributed by atoms with Crippen molar-refractivity contribution >= 4 is 46.9 Å². The molecule has 1 N–H and O–H groups in total. The van der Waals surface area contributed by atoms with Gasteiger partial charge in [-0.05, 0) is 30.3 Å². The number of amides is 2. The van der Waals surface area contributed by atoms with E-state index in [-0.39, 0.29) is 6.03 Å². The van der Waals surface area contributed by atoms with Crippen LogP contribution in [0.15, 0.2) is 53.5 Å². The molecule has 2 rings (SSSR count). The van der Waals surface area contributed by atoms with Crippen LogP contribution < -0.4 is 10.2 Å². The van der Waals surface area contributed by atoms with E-state index in [1.165, 1.54) is 11.2 Å². The Hall–Kier alpha value is -2.04. The maximum absolute atomic E-state index is 11.9. The van der Waals surface area contributed by atoms with Crippen LogP contribution in [0, 0.1) is 0 Å². The molecule has 4 nitrogen and oxygen atoms in total. The van der Waals surface area contributed by atoms with Gasteiger partial charge in [-0.15, -0.1) is 0 Å². The molecule has 6 heteroatoms. The number of urea groups is 1. The lowest BCUT2D eigenvalue weighted by molar-refractivity contribution is 0.251. The number of benzene rings is 2. The molecule has 0 heterocycles. The molecule has 21 heavy (non-hydrogen) atoms. The minimum Gasteiger partial charge on any atom is -0.340 e. The number of para-hydroxylation sites is 1. The molecule has 0 aliphatic rings. The molecule has 2 aromatic carbocycles. The first-order valence-corrected chi connectivity index (χ1v) is 6.92. The summed E-state index contributed by atoms with van der Waals surface area (Å²) in [4.78, 5) is 17.6. The average Bonchev–Trinajstić information content (AvgIpc) is 2.51. The van der Waals surface area contributed by atoms with Crippen molar-refractivity contribution in [2.75, 3.05) is 11.9 Å². The van der Waals surface area contributed by atoms with Crippen molar-refractivity contribution in [1.29, 1.82) is 0 Å². The van der Waals surface area contributed by atoms with Crippen LogP contribution in [0.1, 0.15) is 0 Å². The number of rotatable bonds is 3. The van der Waals surface area contributed by atoms with Crippen molar-refractivity contribution in [2.45, 2.75) is 0 Å². The molecule has 0 radical (unpaired) electrons. The van der Waals surface area contributed by atoms with Gasteiger partial charge >= 0.3 is 6.03 Å². The molecule has 2 amide bonds. The first kappa shape index (κ1) is 15.4. The van der Waals surface area contributed by atoms with Gasteiger partial charge in [-0.25, -0.2) is 9.79 Å². The van der Waals surface area contributed by atoms with E-state index < -0.39 is 0 Å². The largest absolute Gasteiger partial charge is 0.340 e. The second kappa shape index (κ2) is 7.11. The highest BCUT2D eigenvalue weighted by Crippen LogP contribution is 2.26. The first-order chi connectivity index (χ1) is 10.1. The van der Waals surface area contributed by atoms with Crippen LogP contribution in [0.2, 0.25) is 10.0 Å². The number of hydrogen-bond acceptors (Lipinski definition) is 2. The molecule has 0 aliphatic heterocycles. The Labute approximate surface area is 133 Å². The van der Waals surface area contributed by atoms with Gasteiger partial charge in [0, 0.05) is 7.05 Å². The van der Waals surface area contributed by atoms with Gasteiger partial charge < -0.3 is 5.32 Å². The van der Waals surface area contributed by atoms with E-state index >= 15 is 0 Å². The molecule has 0 aliphatic carbocycles. The molecule has 108 valence electrons. The zero-order valence-electron chi connectivity index (χ0n) is 11.3. The molecule has 0 fully saturated rings. The lowest BCUT2D eigenvalue weighted by Crippen LogP contribution is -2.37. The van der Waals surface area contributed by atoms with Crippen LogP contribution in [-0.4, -0.2) is 19.4 Å². The van der Waals surface area contributed by atoms with Crippen molar-refractivity contribution in [3.8, 4) is 0 Å². The van der Waals surface area contributed by atoms with Crippen LogP contribution in [0.3, 0.4) is 0 Å². The molecule has 0 aromatic heterocycles. The summed E-state index contributed by atoms with van der Waals surface area (Å²) in [6.07, 6.45) is 1.44. The van der Waals surface area contributed by atoms with E-state index in [1.807, 2.05) is 30.3 Å². The van der Waals surface area contributed by atoms with Gasteiger partial charge in [-0.2, -0.15) is 0 Å². The van der Waals surface area contributed by atoms with Gasteiger partial charge in [-0.3, -0.25) is 4.90 Å². The van der Waals surface area contributed by atoms with Gasteiger partial charge in [0.2, 0.25) is 0 Å². The number of carbonyl (C=O) groups is 1. The summed E-state index contributed by atoms with van der Waals surface area (Å²) in [5, 5.41) is 3.44. The Balaban J connectivity index is 2.28. The maximum Gasteiger partial charge on any atom is 0.326 e. The summed E-state index contributed by atoms with van der Waals surface area (Å²) in [6.45, 7) is 0. The predicted molar refractivity (Wildman–Crippen MR) is 88.0 cm³/mol. The number of anilines is 1. The molecule has 0 bridgehead atoms. The summed E-state index contributed by atoms with van der Waals surface area (Å²) in [5.41, 5.74) is 1.31. The average molecular weight is 322 g/mol. The van der Waals surface area contributed by atoms with E-state index in [0.717, 1.165) is 0 Å². The summed E-state index contributed by atoms with van der Waals surface area (Å²) in [6, 6.07) is 13.9. The number of carbonyl (C=O) groups excluding carboxylic acids is 1. The molecule has 0 spiro atoms. The van der Waals surface area contributed by atoms with E-state index in [4.69, 9.17) is 23.2 Å². The maximum atomic E-state index is 11.9. The second-order valence-corrected chi connectivity index (χ2v) is 4.92. The zero-order valence-corrected chi connectivity index (χ0v) is 12.8. The minimum atomic E-state index is -0.287. The van der Waals surface area contributed by atoms with Crippen molar-refractivity contribution in [1.82, 2.24) is 5.32 Å². The fraction of sp³-hybridized carbons (Fsp3) is 0.0667. The number of halogens is 2. The number of nitrogens with one attached hydrogen (secondary N) is 1. The SMILES string of the molecule is CNC(=O)N(C=Nc1ccc(Cl)c(Cl)c1)c1ccccc1. The van der Waals surface area contributed by atoms with E-state index in [1.54, 1.807) is 25.2 Å². The highest BCUT2D eigenvalue weighted by atomic mass is 35.5. The lowest BCUT2D eigenvalue weighted by atomic mass is 10.3. The van der Waals surface area contributed by atoms with Gasteiger partial charge in [0.05, 0.1) is 21.4 Å². The Morgan fingerprint density at radius 1 is 1.14 bits per heavy atom. The van der Waals surface area contributed by atoms with Crippen LogP contribution in [-0.2, 0) is 0 Å². The number of aliphatic imine (C=N–C) groups is 1. The highest BCUT2D eigenvalue weighted by Gasteiger charge is 2.11. The Morgan fingerprint density at radius 3 is 2.48 bits per heavy atom. The molecule has 0 atom stereocenters. The molecular weight excluding hydrogens is 309 g/mol. The summed E-state index contributed by atoms with van der Waals surface area (Å²) >= 11 is 11.8.